The lowest BCUT2D eigenvalue weighted by atomic mass is 9.99. The largest absolute Gasteiger partial charge is 0.396 e. The summed E-state index contributed by atoms with van der Waals surface area (Å²) in [7, 11) is 0. The molecule has 2 bridgehead atoms. The van der Waals surface area contributed by atoms with Crippen molar-refractivity contribution in [2.45, 2.75) is 24.8 Å². The third kappa shape index (κ3) is 2.22. The molecule has 1 fully saturated rings. The van der Waals surface area contributed by atoms with Crippen molar-refractivity contribution >= 4 is 11.8 Å². The van der Waals surface area contributed by atoms with Gasteiger partial charge >= 0.3 is 0 Å². The number of aliphatic hydroxyl groups excluding tert-OH is 1. The molecule has 5 heteroatoms. The third-order valence-corrected chi connectivity index (χ3v) is 4.65. The van der Waals surface area contributed by atoms with Crippen molar-refractivity contribution in [2.24, 2.45) is 0 Å². The minimum absolute atomic E-state index is 0.180. The van der Waals surface area contributed by atoms with E-state index in [9.17, 15) is 0 Å². The molecule has 1 aromatic carbocycles. The molecule has 1 aromatic heterocycles. The first-order valence-corrected chi connectivity index (χ1v) is 7.90. The highest BCUT2D eigenvalue weighted by atomic mass is 16.3. The van der Waals surface area contributed by atoms with Gasteiger partial charge in [-0.05, 0) is 30.0 Å². The first-order chi connectivity index (χ1) is 10.9. The van der Waals surface area contributed by atoms with Crippen LogP contribution < -0.4 is 10.2 Å². The van der Waals surface area contributed by atoms with Crippen LogP contribution in [0.15, 0.2) is 36.5 Å². The second kappa shape index (κ2) is 5.57. The number of rotatable bonds is 5. The summed E-state index contributed by atoms with van der Waals surface area (Å²) in [6.45, 7) is 1.91. The number of nitrogens with zero attached hydrogens (tertiary/aromatic N) is 3. The molecule has 0 spiro atoms. The summed E-state index contributed by atoms with van der Waals surface area (Å²) in [6, 6.07) is 11.2. The summed E-state index contributed by atoms with van der Waals surface area (Å²) in [5.41, 5.74) is 2.96. The van der Waals surface area contributed by atoms with E-state index in [0.717, 1.165) is 12.4 Å². The van der Waals surface area contributed by atoms with Crippen molar-refractivity contribution in [1.29, 1.82) is 0 Å². The Labute approximate surface area is 130 Å². The predicted molar refractivity (Wildman–Crippen MR) is 86.1 cm³/mol. The number of anilines is 2. The fourth-order valence-corrected chi connectivity index (χ4v) is 3.67. The SMILES string of the molecule is OCCCNc1nccc(N2C[C@H]3C[C@H]2c2ccccc23)n1. The van der Waals surface area contributed by atoms with E-state index in [0.29, 0.717) is 30.9 Å². The Bertz CT molecular complexity index is 675. The number of hydrogen-bond donors (Lipinski definition) is 2. The molecular weight excluding hydrogens is 276 g/mol. The molecule has 2 heterocycles. The molecule has 0 radical (unpaired) electrons. The van der Waals surface area contributed by atoms with Gasteiger partial charge in [0, 0.05) is 31.8 Å². The Morgan fingerprint density at radius 2 is 2.09 bits per heavy atom. The van der Waals surface area contributed by atoms with Crippen molar-refractivity contribution in [3.05, 3.63) is 47.7 Å². The molecule has 2 atom stereocenters. The van der Waals surface area contributed by atoms with Gasteiger partial charge in [-0.2, -0.15) is 4.98 Å². The number of aromatic nitrogens is 2. The van der Waals surface area contributed by atoms with Gasteiger partial charge in [-0.25, -0.2) is 4.98 Å². The van der Waals surface area contributed by atoms with E-state index in [2.05, 4.69) is 44.5 Å². The van der Waals surface area contributed by atoms with Crippen LogP contribution in [-0.4, -0.2) is 34.8 Å². The van der Waals surface area contributed by atoms with Crippen LogP contribution in [0.1, 0.15) is 35.9 Å². The van der Waals surface area contributed by atoms with E-state index in [-0.39, 0.29) is 6.61 Å². The Morgan fingerprint density at radius 3 is 2.95 bits per heavy atom. The molecule has 5 nitrogen and oxygen atoms in total. The molecule has 1 aliphatic carbocycles. The van der Waals surface area contributed by atoms with Gasteiger partial charge in [0.2, 0.25) is 5.95 Å². The molecule has 22 heavy (non-hydrogen) atoms. The average Bonchev–Trinajstić information content (AvgIpc) is 3.15. The molecule has 2 N–H and O–H groups in total. The van der Waals surface area contributed by atoms with Crippen molar-refractivity contribution in [1.82, 2.24) is 9.97 Å². The van der Waals surface area contributed by atoms with Crippen LogP contribution in [-0.2, 0) is 0 Å². The average molecular weight is 296 g/mol. The predicted octanol–water partition coefficient (Wildman–Crippen LogP) is 2.32. The summed E-state index contributed by atoms with van der Waals surface area (Å²) < 4.78 is 0. The van der Waals surface area contributed by atoms with Crippen LogP contribution in [0.2, 0.25) is 0 Å². The number of nitrogens with one attached hydrogen (secondary N) is 1. The first kappa shape index (κ1) is 13.5. The van der Waals surface area contributed by atoms with Gasteiger partial charge in [0.15, 0.2) is 0 Å². The van der Waals surface area contributed by atoms with E-state index in [1.807, 2.05) is 12.3 Å². The Kier molecular flexibility index (Phi) is 3.42. The summed E-state index contributed by atoms with van der Waals surface area (Å²) >= 11 is 0. The molecule has 0 amide bonds. The fraction of sp³-hybridized carbons (Fsp3) is 0.412. The number of fused-ring (bicyclic) bond motifs is 5. The summed E-state index contributed by atoms with van der Waals surface area (Å²) in [6.07, 6.45) is 3.70. The lowest BCUT2D eigenvalue weighted by molar-refractivity contribution is 0.292. The fourth-order valence-electron chi connectivity index (χ4n) is 3.67. The van der Waals surface area contributed by atoms with Crippen LogP contribution in [0.5, 0.6) is 0 Å². The molecule has 0 saturated carbocycles. The van der Waals surface area contributed by atoms with Gasteiger partial charge in [0.1, 0.15) is 5.82 Å². The molecule has 2 aliphatic rings. The topological polar surface area (TPSA) is 61.3 Å². The maximum absolute atomic E-state index is 8.85. The lowest BCUT2D eigenvalue weighted by Gasteiger charge is -2.30. The highest BCUT2D eigenvalue weighted by Crippen LogP contribution is 2.51. The van der Waals surface area contributed by atoms with Gasteiger partial charge in [0.05, 0.1) is 6.04 Å². The minimum Gasteiger partial charge on any atom is -0.396 e. The van der Waals surface area contributed by atoms with E-state index < -0.39 is 0 Å². The summed E-state index contributed by atoms with van der Waals surface area (Å²) in [4.78, 5) is 11.3. The summed E-state index contributed by atoms with van der Waals surface area (Å²) in [5, 5.41) is 12.0. The normalized spacial score (nSPS) is 22.0. The molecule has 114 valence electrons. The van der Waals surface area contributed by atoms with E-state index in [4.69, 9.17) is 5.11 Å². The Hall–Kier alpha value is -2.14. The minimum atomic E-state index is 0.180. The lowest BCUT2D eigenvalue weighted by Crippen LogP contribution is -2.28. The second-order valence-electron chi connectivity index (χ2n) is 5.97. The van der Waals surface area contributed by atoms with Gasteiger partial charge in [-0.1, -0.05) is 24.3 Å². The standard InChI is InChI=1S/C17H20N4O/c22-9-3-7-18-17-19-8-6-16(20-17)21-11-12-10-15(21)14-5-2-1-4-13(12)14/h1-2,4-6,8,12,15,22H,3,7,9-11H2,(H,18,19,20)/t12-,15+/m1/s1. The van der Waals surface area contributed by atoms with E-state index >= 15 is 0 Å². The van der Waals surface area contributed by atoms with Crippen molar-refractivity contribution in [3.63, 3.8) is 0 Å². The maximum atomic E-state index is 8.85. The van der Waals surface area contributed by atoms with Gasteiger partial charge in [-0.3, -0.25) is 0 Å². The number of hydrogen-bond acceptors (Lipinski definition) is 5. The Balaban J connectivity index is 1.56. The highest BCUT2D eigenvalue weighted by molar-refractivity contribution is 5.54. The quantitative estimate of drug-likeness (QED) is 0.829. The van der Waals surface area contributed by atoms with Crippen LogP contribution >= 0.6 is 0 Å². The Morgan fingerprint density at radius 1 is 1.23 bits per heavy atom. The third-order valence-electron chi connectivity index (χ3n) is 4.65. The zero-order valence-corrected chi connectivity index (χ0v) is 12.4. The summed E-state index contributed by atoms with van der Waals surface area (Å²) in [5.74, 6) is 2.26. The molecule has 1 aliphatic heterocycles. The first-order valence-electron chi connectivity index (χ1n) is 7.90. The monoisotopic (exact) mass is 296 g/mol. The molecule has 0 unspecified atom stereocenters. The molecule has 1 saturated heterocycles. The second-order valence-corrected chi connectivity index (χ2v) is 5.97. The van der Waals surface area contributed by atoms with Crippen LogP contribution in [0.25, 0.3) is 0 Å². The molecular formula is C17H20N4O. The van der Waals surface area contributed by atoms with Gasteiger partial charge < -0.3 is 15.3 Å². The number of benzene rings is 1. The zero-order valence-electron chi connectivity index (χ0n) is 12.4. The van der Waals surface area contributed by atoms with Crippen molar-refractivity contribution in [3.8, 4) is 0 Å². The van der Waals surface area contributed by atoms with E-state index in [1.165, 1.54) is 17.5 Å². The van der Waals surface area contributed by atoms with Crippen molar-refractivity contribution in [2.75, 3.05) is 29.9 Å². The highest BCUT2D eigenvalue weighted by Gasteiger charge is 2.42. The van der Waals surface area contributed by atoms with E-state index in [1.54, 1.807) is 0 Å². The van der Waals surface area contributed by atoms with Crippen LogP contribution in [0, 0.1) is 0 Å². The zero-order chi connectivity index (χ0) is 14.9. The van der Waals surface area contributed by atoms with Gasteiger partial charge in [-0.15, -0.1) is 0 Å². The molecule has 2 aromatic rings. The smallest absolute Gasteiger partial charge is 0.224 e. The van der Waals surface area contributed by atoms with Crippen LogP contribution in [0.4, 0.5) is 11.8 Å². The molecule has 4 rings (SSSR count). The van der Waals surface area contributed by atoms with Crippen LogP contribution in [0.3, 0.4) is 0 Å². The maximum Gasteiger partial charge on any atom is 0.224 e. The van der Waals surface area contributed by atoms with Gasteiger partial charge in [0.25, 0.3) is 0 Å². The van der Waals surface area contributed by atoms with Crippen molar-refractivity contribution < 1.29 is 5.11 Å². The number of aliphatic hydroxyl groups is 1.